The molecule has 0 saturated heterocycles. The largest absolute Gasteiger partial charge is 0.496 e. The van der Waals surface area contributed by atoms with Gasteiger partial charge >= 0.3 is 0 Å². The second kappa shape index (κ2) is 7.13. The lowest BCUT2D eigenvalue weighted by molar-refractivity contribution is 0.408. The highest BCUT2D eigenvalue weighted by Gasteiger charge is 2.15. The predicted molar refractivity (Wildman–Crippen MR) is 113 cm³/mol. The van der Waals surface area contributed by atoms with Gasteiger partial charge < -0.3 is 15.0 Å². The van der Waals surface area contributed by atoms with Crippen LogP contribution in [0.3, 0.4) is 0 Å². The van der Waals surface area contributed by atoms with Gasteiger partial charge in [0.2, 0.25) is 0 Å². The van der Waals surface area contributed by atoms with Gasteiger partial charge in [-0.05, 0) is 48.4 Å². The van der Waals surface area contributed by atoms with E-state index < -0.39 is 0 Å². The van der Waals surface area contributed by atoms with Crippen LogP contribution in [0.5, 0.6) is 5.75 Å². The number of benzene rings is 3. The Bertz CT molecular complexity index is 1210. The minimum absolute atomic E-state index is 0.644. The number of hydrogen-bond donors (Lipinski definition) is 1. The first-order chi connectivity index (χ1) is 13.6. The van der Waals surface area contributed by atoms with Gasteiger partial charge in [-0.1, -0.05) is 30.3 Å². The zero-order chi connectivity index (χ0) is 19.7. The summed E-state index contributed by atoms with van der Waals surface area (Å²) in [5, 5.41) is 10.4. The molecule has 0 fully saturated rings. The number of para-hydroxylation sites is 1. The maximum Gasteiger partial charge on any atom is 0.123 e. The summed E-state index contributed by atoms with van der Waals surface area (Å²) in [5.74, 6) is 0.861. The fourth-order valence-corrected chi connectivity index (χ4v) is 3.67. The van der Waals surface area contributed by atoms with E-state index >= 15 is 0 Å². The Morgan fingerprint density at radius 2 is 1.86 bits per heavy atom. The quantitative estimate of drug-likeness (QED) is 0.509. The van der Waals surface area contributed by atoms with Gasteiger partial charge in [0.15, 0.2) is 0 Å². The van der Waals surface area contributed by atoms with Crippen molar-refractivity contribution in [3.8, 4) is 22.9 Å². The highest BCUT2D eigenvalue weighted by Crippen LogP contribution is 2.35. The van der Waals surface area contributed by atoms with Crippen LogP contribution >= 0.6 is 0 Å². The second-order valence-electron chi connectivity index (χ2n) is 6.85. The molecule has 0 radical (unpaired) electrons. The average Bonchev–Trinajstić information content (AvgIpc) is 3.08. The minimum atomic E-state index is 0.644. The molecule has 4 nitrogen and oxygen atoms in total. The molecule has 0 spiro atoms. The number of fused-ring (bicyclic) bond motifs is 1. The molecule has 0 unspecified atom stereocenters. The van der Waals surface area contributed by atoms with Gasteiger partial charge in [0.25, 0.3) is 0 Å². The van der Waals surface area contributed by atoms with E-state index in [4.69, 9.17) is 10.5 Å². The summed E-state index contributed by atoms with van der Waals surface area (Å²) >= 11 is 0. The van der Waals surface area contributed by atoms with Crippen LogP contribution < -0.4 is 10.5 Å². The van der Waals surface area contributed by atoms with Crippen LogP contribution in [-0.4, -0.2) is 11.7 Å². The van der Waals surface area contributed by atoms with Crippen LogP contribution in [0, 0.1) is 18.3 Å². The van der Waals surface area contributed by atoms with Gasteiger partial charge in [0.1, 0.15) is 5.75 Å². The fourth-order valence-electron chi connectivity index (χ4n) is 3.67. The van der Waals surface area contributed by atoms with Crippen molar-refractivity contribution in [2.75, 3.05) is 12.8 Å². The smallest absolute Gasteiger partial charge is 0.123 e. The second-order valence-corrected chi connectivity index (χ2v) is 6.85. The summed E-state index contributed by atoms with van der Waals surface area (Å²) in [6.45, 7) is 2.70. The molecule has 0 aliphatic rings. The summed E-state index contributed by atoms with van der Waals surface area (Å²) in [5.41, 5.74) is 12.9. The van der Waals surface area contributed by atoms with Crippen molar-refractivity contribution in [2.45, 2.75) is 13.5 Å². The number of nitrogen functional groups attached to an aromatic ring is 1. The van der Waals surface area contributed by atoms with Crippen LogP contribution in [-0.2, 0) is 6.54 Å². The molecule has 138 valence electrons. The molecule has 2 N–H and O–H groups in total. The van der Waals surface area contributed by atoms with Gasteiger partial charge in [-0.2, -0.15) is 5.26 Å². The molecule has 0 saturated carbocycles. The zero-order valence-corrected chi connectivity index (χ0v) is 15.9. The third-order valence-corrected chi connectivity index (χ3v) is 5.21. The highest BCUT2D eigenvalue weighted by molar-refractivity contribution is 5.98. The molecular weight excluding hydrogens is 346 g/mol. The molecule has 0 aliphatic carbocycles. The maximum absolute atomic E-state index is 9.37. The lowest BCUT2D eigenvalue weighted by Crippen LogP contribution is -2.00. The maximum atomic E-state index is 9.37. The van der Waals surface area contributed by atoms with Crippen LogP contribution in [0.1, 0.15) is 16.7 Å². The first-order valence-corrected chi connectivity index (χ1v) is 9.12. The third kappa shape index (κ3) is 2.97. The lowest BCUT2D eigenvalue weighted by atomic mass is 9.98. The fraction of sp³-hybridized carbons (Fsp3) is 0.125. The molecule has 4 rings (SSSR count). The van der Waals surface area contributed by atoms with E-state index in [0.717, 1.165) is 44.6 Å². The van der Waals surface area contributed by atoms with E-state index in [9.17, 15) is 5.26 Å². The number of anilines is 1. The number of rotatable bonds is 4. The summed E-state index contributed by atoms with van der Waals surface area (Å²) in [7, 11) is 1.69. The number of nitrogens with zero attached hydrogens (tertiary/aromatic N) is 2. The molecule has 1 aromatic heterocycles. The normalized spacial score (nSPS) is 10.8. The Kier molecular flexibility index (Phi) is 4.50. The molecule has 0 amide bonds. The Morgan fingerprint density at radius 1 is 1.04 bits per heavy atom. The number of aromatic nitrogens is 1. The van der Waals surface area contributed by atoms with Crippen molar-refractivity contribution < 1.29 is 4.74 Å². The molecule has 0 bridgehead atoms. The summed E-state index contributed by atoms with van der Waals surface area (Å²) < 4.78 is 7.72. The molecule has 0 aliphatic heterocycles. The van der Waals surface area contributed by atoms with Crippen molar-refractivity contribution in [2.24, 2.45) is 0 Å². The van der Waals surface area contributed by atoms with Gasteiger partial charge in [0.05, 0.1) is 25.3 Å². The SMILES string of the molecule is COc1ccccc1Cn1cc(-c2cccc(N)c2C)c2cc(C#N)ccc21. The molecule has 4 aromatic rings. The standard InChI is InChI=1S/C24H21N3O/c1-16-19(7-5-8-22(16)26)21-15-27(14-18-6-3-4-9-24(18)28-2)23-11-10-17(13-25)12-20(21)23/h3-12,15H,14,26H2,1-2H3. The van der Waals surface area contributed by atoms with Gasteiger partial charge in [0, 0.05) is 33.9 Å². The summed E-state index contributed by atoms with van der Waals surface area (Å²) in [6.07, 6.45) is 2.14. The number of nitrogens with two attached hydrogens (primary N) is 1. The third-order valence-electron chi connectivity index (χ3n) is 5.21. The van der Waals surface area contributed by atoms with Crippen LogP contribution in [0.2, 0.25) is 0 Å². The van der Waals surface area contributed by atoms with E-state index in [1.165, 1.54) is 0 Å². The lowest BCUT2D eigenvalue weighted by Gasteiger charge is -2.10. The van der Waals surface area contributed by atoms with Crippen LogP contribution in [0.4, 0.5) is 5.69 Å². The molecule has 0 atom stereocenters. The van der Waals surface area contributed by atoms with Crippen molar-refractivity contribution in [1.82, 2.24) is 4.57 Å². The number of nitriles is 1. The Morgan fingerprint density at radius 3 is 2.64 bits per heavy atom. The van der Waals surface area contributed by atoms with Crippen LogP contribution in [0.15, 0.2) is 66.9 Å². The van der Waals surface area contributed by atoms with Gasteiger partial charge in [-0.3, -0.25) is 0 Å². The van der Waals surface area contributed by atoms with Crippen molar-refractivity contribution in [1.29, 1.82) is 5.26 Å². The Balaban J connectivity index is 1.94. The molecule has 3 aromatic carbocycles. The van der Waals surface area contributed by atoms with Crippen molar-refractivity contribution in [3.05, 3.63) is 83.6 Å². The Hall–Kier alpha value is -3.71. The molecule has 28 heavy (non-hydrogen) atoms. The number of hydrogen-bond acceptors (Lipinski definition) is 3. The Labute approximate surface area is 164 Å². The van der Waals surface area contributed by atoms with Crippen molar-refractivity contribution >= 4 is 16.6 Å². The van der Waals surface area contributed by atoms with Crippen molar-refractivity contribution in [3.63, 3.8) is 0 Å². The van der Waals surface area contributed by atoms with E-state index in [1.54, 1.807) is 7.11 Å². The monoisotopic (exact) mass is 367 g/mol. The summed E-state index contributed by atoms with van der Waals surface area (Å²) in [6, 6.07) is 22.0. The van der Waals surface area contributed by atoms with E-state index in [-0.39, 0.29) is 0 Å². The molecule has 1 heterocycles. The van der Waals surface area contributed by atoms with Gasteiger partial charge in [-0.15, -0.1) is 0 Å². The number of ether oxygens (including phenoxy) is 1. The number of methoxy groups -OCH3 is 1. The molecular formula is C24H21N3O. The first kappa shape index (κ1) is 17.7. The first-order valence-electron chi connectivity index (χ1n) is 9.12. The minimum Gasteiger partial charge on any atom is -0.496 e. The summed E-state index contributed by atoms with van der Waals surface area (Å²) in [4.78, 5) is 0. The van der Waals surface area contributed by atoms with E-state index in [1.807, 2.05) is 55.5 Å². The highest BCUT2D eigenvalue weighted by atomic mass is 16.5. The topological polar surface area (TPSA) is 64.0 Å². The van der Waals surface area contributed by atoms with Crippen LogP contribution in [0.25, 0.3) is 22.0 Å². The van der Waals surface area contributed by atoms with E-state index in [2.05, 4.69) is 29.0 Å². The average molecular weight is 367 g/mol. The predicted octanol–water partition coefficient (Wildman–Crippen LogP) is 5.13. The van der Waals surface area contributed by atoms with E-state index in [0.29, 0.717) is 12.1 Å². The van der Waals surface area contributed by atoms with Gasteiger partial charge in [-0.25, -0.2) is 0 Å². The molecule has 4 heteroatoms. The zero-order valence-electron chi connectivity index (χ0n) is 15.9.